The molecule has 0 radical (unpaired) electrons. The minimum atomic E-state index is -0.341. The maximum absolute atomic E-state index is 12.4. The number of thiazole rings is 1. The molecule has 11 heteroatoms. The highest BCUT2D eigenvalue weighted by Gasteiger charge is 2.14. The van der Waals surface area contributed by atoms with Crippen molar-refractivity contribution in [1.29, 1.82) is 0 Å². The first kappa shape index (κ1) is 17.0. The van der Waals surface area contributed by atoms with Crippen LogP contribution in [0.5, 0.6) is 0 Å². The zero-order chi connectivity index (χ0) is 18.4. The first-order chi connectivity index (χ1) is 12.4. The van der Waals surface area contributed by atoms with E-state index in [-0.39, 0.29) is 23.5 Å². The van der Waals surface area contributed by atoms with Gasteiger partial charge in [0.2, 0.25) is 5.91 Å². The van der Waals surface area contributed by atoms with Gasteiger partial charge < -0.3 is 14.5 Å². The quantitative estimate of drug-likeness (QED) is 0.562. The number of rotatable bonds is 3. The number of hydrogen-bond donors (Lipinski definition) is 1. The second kappa shape index (κ2) is 6.35. The molecule has 8 nitrogen and oxygen atoms in total. The van der Waals surface area contributed by atoms with Gasteiger partial charge in [-0.05, 0) is 12.1 Å². The van der Waals surface area contributed by atoms with Crippen LogP contribution in [0.25, 0.3) is 21.4 Å². The van der Waals surface area contributed by atoms with E-state index in [4.69, 9.17) is 23.2 Å². The van der Waals surface area contributed by atoms with Crippen molar-refractivity contribution in [3.63, 3.8) is 0 Å². The number of fused-ring (bicyclic) bond motifs is 2. The summed E-state index contributed by atoms with van der Waals surface area (Å²) in [5.41, 5.74) is 0.939. The van der Waals surface area contributed by atoms with Gasteiger partial charge in [0.05, 0.1) is 32.9 Å². The SMILES string of the molecule is Cn1cnc2ncn(CC(=O)Nc3nc4cc(Cl)c(Cl)cc4s3)c2c1=O. The average Bonchev–Trinajstić information content (AvgIpc) is 3.15. The Balaban J connectivity index is 1.60. The number of aromatic nitrogens is 5. The number of hydrogen-bond acceptors (Lipinski definition) is 6. The van der Waals surface area contributed by atoms with Gasteiger partial charge >= 0.3 is 0 Å². The molecular formula is C15H10Cl2N6O2S. The highest BCUT2D eigenvalue weighted by molar-refractivity contribution is 7.22. The summed E-state index contributed by atoms with van der Waals surface area (Å²) in [5.74, 6) is -0.341. The Morgan fingerprint density at radius 2 is 1.96 bits per heavy atom. The van der Waals surface area contributed by atoms with Crippen molar-refractivity contribution < 1.29 is 4.79 Å². The number of halogens is 2. The van der Waals surface area contributed by atoms with Gasteiger partial charge in [0, 0.05) is 7.05 Å². The zero-order valence-electron chi connectivity index (χ0n) is 13.2. The van der Waals surface area contributed by atoms with Crippen LogP contribution in [0.1, 0.15) is 0 Å². The second-order valence-corrected chi connectivity index (χ2v) is 7.35. The molecule has 0 bridgehead atoms. The van der Waals surface area contributed by atoms with Crippen molar-refractivity contribution in [1.82, 2.24) is 24.1 Å². The van der Waals surface area contributed by atoms with Crippen LogP contribution < -0.4 is 10.9 Å². The molecular weight excluding hydrogens is 399 g/mol. The minimum absolute atomic E-state index is 0.0884. The van der Waals surface area contributed by atoms with E-state index in [2.05, 4.69) is 20.3 Å². The minimum Gasteiger partial charge on any atom is -0.315 e. The van der Waals surface area contributed by atoms with Crippen LogP contribution >= 0.6 is 34.5 Å². The zero-order valence-corrected chi connectivity index (χ0v) is 15.6. The molecule has 26 heavy (non-hydrogen) atoms. The van der Waals surface area contributed by atoms with Crippen LogP contribution in [0.15, 0.2) is 29.6 Å². The number of carbonyl (C=O) groups is 1. The average molecular weight is 409 g/mol. The number of aryl methyl sites for hydroxylation is 1. The monoisotopic (exact) mass is 408 g/mol. The van der Waals surface area contributed by atoms with Crippen molar-refractivity contribution in [2.24, 2.45) is 7.05 Å². The third-order valence-electron chi connectivity index (χ3n) is 3.69. The molecule has 4 rings (SSSR count). The third kappa shape index (κ3) is 2.94. The number of amides is 1. The number of anilines is 1. The fourth-order valence-corrected chi connectivity index (χ4v) is 3.75. The van der Waals surface area contributed by atoms with Crippen molar-refractivity contribution in [3.05, 3.63) is 45.2 Å². The fourth-order valence-electron chi connectivity index (χ4n) is 2.46. The molecule has 1 amide bonds. The standard InChI is InChI=1S/C15H10Cl2N6O2S/c1-22-5-18-13-12(14(22)25)23(6-19-13)4-11(24)21-15-20-9-2-7(16)8(17)3-10(9)26-15/h2-3,5-6H,4H2,1H3,(H,20,21,24). The Bertz CT molecular complexity index is 1190. The molecule has 0 fully saturated rings. The predicted octanol–water partition coefficient (Wildman–Crippen LogP) is 2.69. The van der Waals surface area contributed by atoms with Gasteiger partial charge in [0.1, 0.15) is 6.54 Å². The Kier molecular flexibility index (Phi) is 4.14. The lowest BCUT2D eigenvalue weighted by Gasteiger charge is -2.04. The molecule has 0 atom stereocenters. The van der Waals surface area contributed by atoms with E-state index < -0.39 is 0 Å². The lowest BCUT2D eigenvalue weighted by Crippen LogP contribution is -2.23. The maximum Gasteiger partial charge on any atom is 0.279 e. The van der Waals surface area contributed by atoms with Crippen LogP contribution in [0, 0.1) is 0 Å². The predicted molar refractivity (Wildman–Crippen MR) is 101 cm³/mol. The van der Waals surface area contributed by atoms with E-state index in [0.29, 0.717) is 26.3 Å². The Hall–Kier alpha value is -2.49. The fraction of sp³-hybridized carbons (Fsp3) is 0.133. The van der Waals surface area contributed by atoms with Gasteiger partial charge in [-0.3, -0.25) is 9.59 Å². The topological polar surface area (TPSA) is 94.7 Å². The lowest BCUT2D eigenvalue weighted by atomic mass is 10.3. The van der Waals surface area contributed by atoms with Crippen LogP contribution in [0.4, 0.5) is 5.13 Å². The van der Waals surface area contributed by atoms with Crippen molar-refractivity contribution in [2.45, 2.75) is 6.54 Å². The number of imidazole rings is 1. The molecule has 0 aliphatic heterocycles. The van der Waals surface area contributed by atoms with Gasteiger partial charge in [0.15, 0.2) is 16.3 Å². The Morgan fingerprint density at radius 1 is 1.23 bits per heavy atom. The summed E-state index contributed by atoms with van der Waals surface area (Å²) >= 11 is 13.3. The second-order valence-electron chi connectivity index (χ2n) is 5.51. The van der Waals surface area contributed by atoms with Gasteiger partial charge in [-0.2, -0.15) is 0 Å². The molecule has 3 heterocycles. The molecule has 0 saturated heterocycles. The number of benzene rings is 1. The number of nitrogens with one attached hydrogen (secondary N) is 1. The third-order valence-corrected chi connectivity index (χ3v) is 5.34. The van der Waals surface area contributed by atoms with Gasteiger partial charge in [-0.1, -0.05) is 34.5 Å². The summed E-state index contributed by atoms with van der Waals surface area (Å²) in [7, 11) is 1.59. The van der Waals surface area contributed by atoms with Crippen LogP contribution in [0.3, 0.4) is 0 Å². The van der Waals surface area contributed by atoms with Crippen molar-refractivity contribution in [3.8, 4) is 0 Å². The summed E-state index contributed by atoms with van der Waals surface area (Å²) in [6.07, 6.45) is 2.80. The molecule has 1 N–H and O–H groups in total. The van der Waals surface area contributed by atoms with Gasteiger partial charge in [-0.25, -0.2) is 15.0 Å². The van der Waals surface area contributed by atoms with E-state index in [1.165, 1.54) is 33.1 Å². The first-order valence-corrected chi connectivity index (χ1v) is 8.91. The van der Waals surface area contributed by atoms with E-state index >= 15 is 0 Å². The van der Waals surface area contributed by atoms with E-state index in [1.807, 2.05) is 0 Å². The van der Waals surface area contributed by atoms with Crippen LogP contribution in [-0.4, -0.2) is 30.0 Å². The molecule has 1 aromatic carbocycles. The van der Waals surface area contributed by atoms with Crippen molar-refractivity contribution in [2.75, 3.05) is 5.32 Å². The summed E-state index contributed by atoms with van der Waals surface area (Å²) in [6.45, 7) is -0.0884. The smallest absolute Gasteiger partial charge is 0.279 e. The molecule has 0 spiro atoms. The molecule has 0 aliphatic rings. The van der Waals surface area contributed by atoms with Crippen LogP contribution in [-0.2, 0) is 18.4 Å². The molecule has 0 saturated carbocycles. The molecule has 3 aromatic heterocycles. The summed E-state index contributed by atoms with van der Waals surface area (Å²) < 4.78 is 3.60. The highest BCUT2D eigenvalue weighted by Crippen LogP contribution is 2.32. The maximum atomic E-state index is 12.4. The Morgan fingerprint density at radius 3 is 2.77 bits per heavy atom. The van der Waals surface area contributed by atoms with E-state index in [1.54, 1.807) is 19.2 Å². The van der Waals surface area contributed by atoms with Crippen molar-refractivity contribution >= 4 is 67.0 Å². The normalized spacial score (nSPS) is 11.3. The summed E-state index contributed by atoms with van der Waals surface area (Å²) in [4.78, 5) is 37.0. The largest absolute Gasteiger partial charge is 0.315 e. The lowest BCUT2D eigenvalue weighted by molar-refractivity contribution is -0.116. The van der Waals surface area contributed by atoms with Gasteiger partial charge in [0.25, 0.3) is 5.56 Å². The molecule has 0 aliphatic carbocycles. The van der Waals surface area contributed by atoms with E-state index in [9.17, 15) is 9.59 Å². The van der Waals surface area contributed by atoms with Crippen LogP contribution in [0.2, 0.25) is 10.0 Å². The summed E-state index contributed by atoms with van der Waals surface area (Å²) in [6, 6.07) is 3.34. The van der Waals surface area contributed by atoms with E-state index in [0.717, 1.165) is 4.70 Å². The molecule has 4 aromatic rings. The number of nitrogens with zero attached hydrogens (tertiary/aromatic N) is 5. The molecule has 0 unspecified atom stereocenters. The van der Waals surface area contributed by atoms with Gasteiger partial charge in [-0.15, -0.1) is 0 Å². The highest BCUT2D eigenvalue weighted by atomic mass is 35.5. The Labute approximate surface area is 160 Å². The number of carbonyl (C=O) groups excluding carboxylic acids is 1. The molecule has 132 valence electrons. The summed E-state index contributed by atoms with van der Waals surface area (Å²) in [5, 5.41) is 3.95. The first-order valence-electron chi connectivity index (χ1n) is 7.34.